The van der Waals surface area contributed by atoms with Gasteiger partial charge in [0.05, 0.1) is 18.4 Å². The van der Waals surface area contributed by atoms with Gasteiger partial charge in [0, 0.05) is 0 Å². The third kappa shape index (κ3) is 3.38. The molecule has 0 spiro atoms. The van der Waals surface area contributed by atoms with Crippen LogP contribution in [0.15, 0.2) is 17.4 Å². The zero-order valence-electron chi connectivity index (χ0n) is 9.42. The van der Waals surface area contributed by atoms with Crippen molar-refractivity contribution < 1.29 is 9.94 Å². The quantitative estimate of drug-likeness (QED) is 0.337. The molecule has 3 N–H and O–H groups in total. The van der Waals surface area contributed by atoms with Crippen molar-refractivity contribution in [3.8, 4) is 5.88 Å². The fraction of sp³-hybridized carbons (Fsp3) is 0.500. The zero-order valence-corrected chi connectivity index (χ0v) is 9.42. The van der Waals surface area contributed by atoms with Crippen LogP contribution in [0.4, 0.5) is 0 Å². The number of hydrogen-bond donors (Lipinski definition) is 2. The van der Waals surface area contributed by atoms with Crippen LogP contribution in [-0.4, -0.2) is 27.8 Å². The zero-order chi connectivity index (χ0) is 12.0. The Balaban J connectivity index is 2.72. The van der Waals surface area contributed by atoms with Gasteiger partial charge in [-0.3, -0.25) is 0 Å². The SMILES string of the molecule is CC(C)CCOc1nnccc1/C(N)=N/O. The number of hydrogen-bond acceptors (Lipinski definition) is 5. The van der Waals surface area contributed by atoms with Crippen molar-refractivity contribution >= 4 is 5.84 Å². The summed E-state index contributed by atoms with van der Waals surface area (Å²) < 4.78 is 5.43. The van der Waals surface area contributed by atoms with Crippen molar-refractivity contribution in [3.05, 3.63) is 17.8 Å². The number of nitrogens with two attached hydrogens (primary N) is 1. The first-order chi connectivity index (χ1) is 7.65. The largest absolute Gasteiger partial charge is 0.476 e. The molecule has 0 bridgehead atoms. The molecule has 0 saturated heterocycles. The molecule has 6 nitrogen and oxygen atoms in total. The average Bonchev–Trinajstić information content (AvgIpc) is 2.28. The van der Waals surface area contributed by atoms with Gasteiger partial charge in [-0.25, -0.2) is 0 Å². The molecule has 0 radical (unpaired) electrons. The summed E-state index contributed by atoms with van der Waals surface area (Å²) in [6.07, 6.45) is 2.37. The normalized spacial score (nSPS) is 11.8. The molecule has 0 unspecified atom stereocenters. The van der Waals surface area contributed by atoms with Crippen LogP contribution in [0.1, 0.15) is 25.8 Å². The molecule has 1 aromatic heterocycles. The van der Waals surface area contributed by atoms with E-state index in [9.17, 15) is 0 Å². The van der Waals surface area contributed by atoms with E-state index in [0.29, 0.717) is 24.0 Å². The summed E-state index contributed by atoms with van der Waals surface area (Å²) in [6, 6.07) is 1.59. The van der Waals surface area contributed by atoms with Crippen LogP contribution in [0.2, 0.25) is 0 Å². The standard InChI is InChI=1S/C10H16N4O2/c1-7(2)4-6-16-10-8(9(11)14-15)3-5-12-13-10/h3,5,7,15H,4,6H2,1-2H3,(H2,11,14). The first-order valence-corrected chi connectivity index (χ1v) is 5.07. The molecule has 0 atom stereocenters. The number of rotatable bonds is 5. The van der Waals surface area contributed by atoms with Crippen LogP contribution in [0.25, 0.3) is 0 Å². The van der Waals surface area contributed by atoms with Gasteiger partial charge in [0.1, 0.15) is 0 Å². The lowest BCUT2D eigenvalue weighted by atomic mass is 10.1. The van der Waals surface area contributed by atoms with Crippen LogP contribution in [-0.2, 0) is 0 Å². The van der Waals surface area contributed by atoms with Crippen LogP contribution < -0.4 is 10.5 Å². The van der Waals surface area contributed by atoms with E-state index in [0.717, 1.165) is 6.42 Å². The highest BCUT2D eigenvalue weighted by Gasteiger charge is 2.09. The highest BCUT2D eigenvalue weighted by molar-refractivity contribution is 5.98. The van der Waals surface area contributed by atoms with Crippen LogP contribution in [0.5, 0.6) is 5.88 Å². The summed E-state index contributed by atoms with van der Waals surface area (Å²) in [7, 11) is 0. The molecular weight excluding hydrogens is 208 g/mol. The van der Waals surface area contributed by atoms with E-state index in [-0.39, 0.29) is 5.84 Å². The maximum absolute atomic E-state index is 8.59. The van der Waals surface area contributed by atoms with Gasteiger partial charge in [0.2, 0.25) is 5.88 Å². The van der Waals surface area contributed by atoms with E-state index >= 15 is 0 Å². The topological polar surface area (TPSA) is 93.6 Å². The van der Waals surface area contributed by atoms with Gasteiger partial charge in [0.25, 0.3) is 0 Å². The number of ether oxygens (including phenoxy) is 1. The molecule has 0 fully saturated rings. The van der Waals surface area contributed by atoms with Gasteiger partial charge in [-0.2, -0.15) is 5.10 Å². The van der Waals surface area contributed by atoms with Crippen molar-refractivity contribution in [2.24, 2.45) is 16.8 Å². The van der Waals surface area contributed by atoms with Gasteiger partial charge in [-0.1, -0.05) is 19.0 Å². The average molecular weight is 224 g/mol. The Morgan fingerprint density at radius 1 is 1.62 bits per heavy atom. The molecule has 0 saturated carbocycles. The molecule has 0 aliphatic rings. The summed E-state index contributed by atoms with van der Waals surface area (Å²) in [5.74, 6) is 0.803. The molecule has 6 heteroatoms. The van der Waals surface area contributed by atoms with E-state index in [1.165, 1.54) is 6.20 Å². The van der Waals surface area contributed by atoms with Crippen molar-refractivity contribution in [1.29, 1.82) is 0 Å². The van der Waals surface area contributed by atoms with E-state index in [4.69, 9.17) is 15.7 Å². The monoisotopic (exact) mass is 224 g/mol. The maximum atomic E-state index is 8.59. The minimum atomic E-state index is -0.0329. The second kappa shape index (κ2) is 5.89. The lowest BCUT2D eigenvalue weighted by Crippen LogP contribution is -2.16. The van der Waals surface area contributed by atoms with Crippen molar-refractivity contribution in [3.63, 3.8) is 0 Å². The van der Waals surface area contributed by atoms with E-state index in [1.54, 1.807) is 6.07 Å². The molecule has 1 heterocycles. The minimum Gasteiger partial charge on any atom is -0.476 e. The Kier molecular flexibility index (Phi) is 4.50. The number of amidine groups is 1. The Morgan fingerprint density at radius 2 is 2.38 bits per heavy atom. The predicted octanol–water partition coefficient (Wildman–Crippen LogP) is 0.996. The molecule has 88 valence electrons. The van der Waals surface area contributed by atoms with E-state index < -0.39 is 0 Å². The van der Waals surface area contributed by atoms with Gasteiger partial charge in [0.15, 0.2) is 5.84 Å². The number of aromatic nitrogens is 2. The summed E-state index contributed by atoms with van der Waals surface area (Å²) in [4.78, 5) is 0. The van der Waals surface area contributed by atoms with Gasteiger partial charge in [-0.15, -0.1) is 5.10 Å². The highest BCUT2D eigenvalue weighted by Crippen LogP contribution is 2.13. The summed E-state index contributed by atoms with van der Waals surface area (Å²) in [6.45, 7) is 4.73. The van der Waals surface area contributed by atoms with E-state index in [2.05, 4.69) is 29.2 Å². The molecular formula is C10H16N4O2. The van der Waals surface area contributed by atoms with Crippen molar-refractivity contribution in [1.82, 2.24) is 10.2 Å². The molecule has 0 amide bonds. The second-order valence-electron chi connectivity index (χ2n) is 3.77. The van der Waals surface area contributed by atoms with Gasteiger partial charge in [-0.05, 0) is 18.4 Å². The molecule has 1 rings (SSSR count). The Hall–Kier alpha value is -1.85. The summed E-state index contributed by atoms with van der Waals surface area (Å²) in [5.41, 5.74) is 5.92. The maximum Gasteiger partial charge on any atom is 0.244 e. The Labute approximate surface area is 94.1 Å². The predicted molar refractivity (Wildman–Crippen MR) is 59.5 cm³/mol. The van der Waals surface area contributed by atoms with Crippen molar-refractivity contribution in [2.45, 2.75) is 20.3 Å². The molecule has 0 aliphatic heterocycles. The number of oxime groups is 1. The molecule has 1 aromatic rings. The molecule has 16 heavy (non-hydrogen) atoms. The fourth-order valence-electron chi connectivity index (χ4n) is 1.07. The third-order valence-electron chi connectivity index (χ3n) is 2.00. The smallest absolute Gasteiger partial charge is 0.244 e. The second-order valence-corrected chi connectivity index (χ2v) is 3.77. The lowest BCUT2D eigenvalue weighted by Gasteiger charge is -2.09. The minimum absolute atomic E-state index is 0.0329. The first-order valence-electron chi connectivity index (χ1n) is 5.07. The summed E-state index contributed by atoms with van der Waals surface area (Å²) in [5, 5.41) is 19.0. The van der Waals surface area contributed by atoms with Gasteiger partial charge >= 0.3 is 0 Å². The van der Waals surface area contributed by atoms with E-state index in [1.807, 2.05) is 0 Å². The van der Waals surface area contributed by atoms with Crippen molar-refractivity contribution in [2.75, 3.05) is 6.61 Å². The van der Waals surface area contributed by atoms with Crippen LogP contribution >= 0.6 is 0 Å². The number of nitrogens with zero attached hydrogens (tertiary/aromatic N) is 3. The lowest BCUT2D eigenvalue weighted by molar-refractivity contribution is 0.275. The fourth-order valence-corrected chi connectivity index (χ4v) is 1.07. The molecule has 0 aromatic carbocycles. The summed E-state index contributed by atoms with van der Waals surface area (Å²) >= 11 is 0. The first kappa shape index (κ1) is 12.2. The highest BCUT2D eigenvalue weighted by atomic mass is 16.5. The van der Waals surface area contributed by atoms with Crippen LogP contribution in [0.3, 0.4) is 0 Å². The Bertz CT molecular complexity index is 366. The van der Waals surface area contributed by atoms with Gasteiger partial charge < -0.3 is 15.7 Å². The Morgan fingerprint density at radius 3 is 3.00 bits per heavy atom. The van der Waals surface area contributed by atoms with Crippen LogP contribution in [0, 0.1) is 5.92 Å². The third-order valence-corrected chi connectivity index (χ3v) is 2.00. The molecule has 0 aliphatic carbocycles.